The summed E-state index contributed by atoms with van der Waals surface area (Å²) in [7, 11) is 0. The average molecular weight is 310 g/mol. The summed E-state index contributed by atoms with van der Waals surface area (Å²) in [6, 6.07) is 0. The Morgan fingerprint density at radius 2 is 1.29 bits per heavy atom. The van der Waals surface area contributed by atoms with Crippen LogP contribution in [0.2, 0.25) is 5.28 Å². The molecule has 6 heteroatoms. The van der Waals surface area contributed by atoms with Gasteiger partial charge in [0.05, 0.1) is 0 Å². The minimum Gasteiger partial charge on any atom is -0.354 e. The zero-order chi connectivity index (χ0) is 15.3. The molecule has 0 radical (unpaired) electrons. The number of allylic oxidation sites excluding steroid dienone is 2. The monoisotopic (exact) mass is 309 g/mol. The van der Waals surface area contributed by atoms with Crippen molar-refractivity contribution in [2.45, 2.75) is 38.5 Å². The zero-order valence-electron chi connectivity index (χ0n) is 12.4. The van der Waals surface area contributed by atoms with Crippen molar-refractivity contribution in [3.8, 4) is 0 Å². The van der Waals surface area contributed by atoms with E-state index < -0.39 is 0 Å². The molecule has 1 rings (SSSR count). The minimum atomic E-state index is 0.201. The maximum atomic E-state index is 5.91. The quantitative estimate of drug-likeness (QED) is 0.450. The Kier molecular flexibility index (Phi) is 9.20. The van der Waals surface area contributed by atoms with E-state index in [2.05, 4.69) is 38.7 Å². The van der Waals surface area contributed by atoms with Gasteiger partial charge in [-0.2, -0.15) is 15.0 Å². The topological polar surface area (TPSA) is 62.7 Å². The zero-order valence-corrected chi connectivity index (χ0v) is 13.2. The van der Waals surface area contributed by atoms with Crippen LogP contribution in [0.15, 0.2) is 25.3 Å². The summed E-state index contributed by atoms with van der Waals surface area (Å²) >= 11 is 5.91. The van der Waals surface area contributed by atoms with Crippen molar-refractivity contribution in [2.24, 2.45) is 0 Å². The van der Waals surface area contributed by atoms with Gasteiger partial charge in [-0.1, -0.05) is 12.2 Å². The molecule has 0 saturated carbocycles. The van der Waals surface area contributed by atoms with Crippen LogP contribution in [-0.4, -0.2) is 28.0 Å². The first-order valence-corrected chi connectivity index (χ1v) is 7.75. The third kappa shape index (κ3) is 8.30. The molecule has 0 aromatic carbocycles. The molecule has 0 unspecified atom stereocenters. The highest BCUT2D eigenvalue weighted by molar-refractivity contribution is 6.28. The molecule has 0 atom stereocenters. The van der Waals surface area contributed by atoms with Crippen LogP contribution in [0.1, 0.15) is 38.5 Å². The predicted molar refractivity (Wildman–Crippen MR) is 89.9 cm³/mol. The Labute approximate surface area is 131 Å². The molecule has 0 aliphatic carbocycles. The van der Waals surface area contributed by atoms with E-state index >= 15 is 0 Å². The first kappa shape index (κ1) is 17.4. The lowest BCUT2D eigenvalue weighted by molar-refractivity contribution is 0.768. The molecule has 5 nitrogen and oxygen atoms in total. The van der Waals surface area contributed by atoms with Gasteiger partial charge in [-0.05, 0) is 50.1 Å². The first-order valence-electron chi connectivity index (χ1n) is 7.37. The van der Waals surface area contributed by atoms with Crippen LogP contribution < -0.4 is 10.6 Å². The van der Waals surface area contributed by atoms with Gasteiger partial charge in [0, 0.05) is 13.1 Å². The number of nitrogens with one attached hydrogen (secondary N) is 2. The van der Waals surface area contributed by atoms with E-state index in [0.717, 1.165) is 51.6 Å². The Bertz CT molecular complexity index is 400. The molecule has 1 aromatic rings. The number of nitrogens with zero attached hydrogens (tertiary/aromatic N) is 3. The van der Waals surface area contributed by atoms with Crippen LogP contribution in [0.25, 0.3) is 0 Å². The molecule has 0 aliphatic rings. The fraction of sp³-hybridized carbons (Fsp3) is 0.533. The Morgan fingerprint density at radius 3 is 1.71 bits per heavy atom. The third-order valence-corrected chi connectivity index (χ3v) is 3.01. The van der Waals surface area contributed by atoms with E-state index in [1.807, 2.05) is 12.2 Å². The van der Waals surface area contributed by atoms with E-state index in [9.17, 15) is 0 Å². The molecule has 1 aromatic heterocycles. The molecule has 0 bridgehead atoms. The smallest absolute Gasteiger partial charge is 0.228 e. The van der Waals surface area contributed by atoms with Crippen molar-refractivity contribution in [1.82, 2.24) is 15.0 Å². The molecule has 0 fully saturated rings. The highest BCUT2D eigenvalue weighted by atomic mass is 35.5. The van der Waals surface area contributed by atoms with Crippen LogP contribution >= 0.6 is 11.6 Å². The highest BCUT2D eigenvalue weighted by Gasteiger charge is 2.04. The number of hydrogen-bond acceptors (Lipinski definition) is 5. The summed E-state index contributed by atoms with van der Waals surface area (Å²) in [6.07, 6.45) is 10.2. The number of rotatable bonds is 12. The maximum absolute atomic E-state index is 5.91. The van der Waals surface area contributed by atoms with Crippen molar-refractivity contribution in [3.05, 3.63) is 30.6 Å². The summed E-state index contributed by atoms with van der Waals surface area (Å²) in [5.41, 5.74) is 0. The van der Waals surface area contributed by atoms with E-state index in [0.29, 0.717) is 11.9 Å². The highest BCUT2D eigenvalue weighted by Crippen LogP contribution is 2.10. The average Bonchev–Trinajstić information content (AvgIpc) is 2.46. The maximum Gasteiger partial charge on any atom is 0.228 e. The van der Waals surface area contributed by atoms with Crippen molar-refractivity contribution < 1.29 is 0 Å². The van der Waals surface area contributed by atoms with Crippen molar-refractivity contribution in [1.29, 1.82) is 0 Å². The second-order valence-corrected chi connectivity index (χ2v) is 5.01. The third-order valence-electron chi connectivity index (χ3n) is 2.84. The van der Waals surface area contributed by atoms with Crippen molar-refractivity contribution in [2.75, 3.05) is 23.7 Å². The standard InChI is InChI=1S/C15H24ClN5/c1-3-5-7-9-11-17-14-19-13(16)20-15(21-14)18-12-10-8-6-4-2/h3-4H,1-2,5-12H2,(H2,17,18,19,20,21). The molecular weight excluding hydrogens is 286 g/mol. The molecule has 0 amide bonds. The van der Waals surface area contributed by atoms with Gasteiger partial charge in [0.1, 0.15) is 0 Å². The Balaban J connectivity index is 2.35. The molecule has 21 heavy (non-hydrogen) atoms. The van der Waals surface area contributed by atoms with E-state index in [1.54, 1.807) is 0 Å². The summed E-state index contributed by atoms with van der Waals surface area (Å²) < 4.78 is 0. The van der Waals surface area contributed by atoms with Crippen molar-refractivity contribution in [3.63, 3.8) is 0 Å². The van der Waals surface area contributed by atoms with Gasteiger partial charge in [-0.15, -0.1) is 13.2 Å². The van der Waals surface area contributed by atoms with Gasteiger partial charge >= 0.3 is 0 Å². The fourth-order valence-corrected chi connectivity index (χ4v) is 1.90. The second kappa shape index (κ2) is 11.1. The van der Waals surface area contributed by atoms with E-state index in [4.69, 9.17) is 11.6 Å². The van der Waals surface area contributed by atoms with Gasteiger partial charge in [0.2, 0.25) is 17.2 Å². The van der Waals surface area contributed by atoms with Gasteiger partial charge in [0.25, 0.3) is 0 Å². The second-order valence-electron chi connectivity index (χ2n) is 4.67. The van der Waals surface area contributed by atoms with Gasteiger partial charge in [-0.25, -0.2) is 0 Å². The Morgan fingerprint density at radius 1 is 0.810 bits per heavy atom. The molecular formula is C15H24ClN5. The lowest BCUT2D eigenvalue weighted by Gasteiger charge is -2.08. The SMILES string of the molecule is C=CCCCCNc1nc(Cl)nc(NCCCCC=C)n1. The summed E-state index contributed by atoms with van der Waals surface area (Å²) in [4.78, 5) is 12.4. The van der Waals surface area contributed by atoms with Gasteiger partial charge in [0.15, 0.2) is 0 Å². The van der Waals surface area contributed by atoms with Crippen LogP contribution in [0.4, 0.5) is 11.9 Å². The number of hydrogen-bond donors (Lipinski definition) is 2. The summed E-state index contributed by atoms with van der Waals surface area (Å²) in [6.45, 7) is 9.03. The van der Waals surface area contributed by atoms with Crippen LogP contribution in [-0.2, 0) is 0 Å². The lowest BCUT2D eigenvalue weighted by Crippen LogP contribution is -2.11. The number of halogens is 1. The first-order chi connectivity index (χ1) is 10.3. The number of aromatic nitrogens is 3. The van der Waals surface area contributed by atoms with Crippen LogP contribution in [0.3, 0.4) is 0 Å². The molecule has 2 N–H and O–H groups in total. The minimum absolute atomic E-state index is 0.201. The molecule has 116 valence electrons. The van der Waals surface area contributed by atoms with Crippen LogP contribution in [0, 0.1) is 0 Å². The lowest BCUT2D eigenvalue weighted by atomic mass is 10.2. The molecule has 0 spiro atoms. The van der Waals surface area contributed by atoms with Gasteiger partial charge < -0.3 is 10.6 Å². The molecule has 0 aliphatic heterocycles. The predicted octanol–water partition coefficient (Wildman–Crippen LogP) is 4.06. The fourth-order valence-electron chi connectivity index (χ4n) is 1.74. The number of unbranched alkanes of at least 4 members (excludes halogenated alkanes) is 4. The van der Waals surface area contributed by atoms with Crippen LogP contribution in [0.5, 0.6) is 0 Å². The largest absolute Gasteiger partial charge is 0.354 e. The summed E-state index contributed by atoms with van der Waals surface area (Å²) in [5.74, 6) is 1.03. The number of anilines is 2. The van der Waals surface area contributed by atoms with E-state index in [-0.39, 0.29) is 5.28 Å². The summed E-state index contributed by atoms with van der Waals surface area (Å²) in [5, 5.41) is 6.52. The van der Waals surface area contributed by atoms with Gasteiger partial charge in [-0.3, -0.25) is 0 Å². The van der Waals surface area contributed by atoms with E-state index in [1.165, 1.54) is 0 Å². The Hall–Kier alpha value is -1.62. The normalized spacial score (nSPS) is 10.1. The van der Waals surface area contributed by atoms with Crippen molar-refractivity contribution >= 4 is 23.5 Å². The molecule has 0 saturated heterocycles. The molecule has 1 heterocycles.